The predicted octanol–water partition coefficient (Wildman–Crippen LogP) is 2.46. The fourth-order valence-corrected chi connectivity index (χ4v) is 3.50. The molecule has 2 N–H and O–H groups in total. The van der Waals surface area contributed by atoms with Crippen LogP contribution in [0.5, 0.6) is 0 Å². The molecule has 0 saturated carbocycles. The van der Waals surface area contributed by atoms with Gasteiger partial charge in [-0.2, -0.15) is 0 Å². The van der Waals surface area contributed by atoms with Crippen LogP contribution in [0.1, 0.15) is 51.9 Å². The second kappa shape index (κ2) is 3.39. The molecule has 14 heavy (non-hydrogen) atoms. The standard InChI is InChI=1S/C11H15NOS/c1-6(2)10-9(11(12)13)7-4-3-5-8(7)14-10/h6H,3-5H2,1-2H3,(H2,12,13). The van der Waals surface area contributed by atoms with Crippen LogP contribution in [0.15, 0.2) is 0 Å². The fraction of sp³-hybridized carbons (Fsp3) is 0.545. The number of hydrogen-bond donors (Lipinski definition) is 1. The van der Waals surface area contributed by atoms with Gasteiger partial charge in [0, 0.05) is 9.75 Å². The van der Waals surface area contributed by atoms with Crippen molar-refractivity contribution in [3.05, 3.63) is 20.9 Å². The highest BCUT2D eigenvalue weighted by atomic mass is 32.1. The first kappa shape index (κ1) is 9.71. The van der Waals surface area contributed by atoms with E-state index < -0.39 is 0 Å². The number of carbonyl (C=O) groups excluding carboxylic acids is 1. The maximum absolute atomic E-state index is 11.4. The van der Waals surface area contributed by atoms with Gasteiger partial charge in [-0.15, -0.1) is 11.3 Å². The van der Waals surface area contributed by atoms with Gasteiger partial charge in [0.2, 0.25) is 5.91 Å². The van der Waals surface area contributed by atoms with Crippen molar-refractivity contribution in [1.29, 1.82) is 0 Å². The molecule has 0 spiro atoms. The molecular formula is C11H15NOS. The minimum Gasteiger partial charge on any atom is -0.366 e. The highest BCUT2D eigenvalue weighted by Crippen LogP contribution is 2.38. The number of primary amides is 1. The van der Waals surface area contributed by atoms with Crippen molar-refractivity contribution in [2.45, 2.75) is 39.0 Å². The number of fused-ring (bicyclic) bond motifs is 1. The van der Waals surface area contributed by atoms with Gasteiger partial charge < -0.3 is 5.73 Å². The van der Waals surface area contributed by atoms with E-state index in [4.69, 9.17) is 5.73 Å². The molecule has 2 rings (SSSR count). The van der Waals surface area contributed by atoms with Gasteiger partial charge in [0.15, 0.2) is 0 Å². The van der Waals surface area contributed by atoms with Gasteiger partial charge in [-0.3, -0.25) is 4.79 Å². The number of nitrogens with two attached hydrogens (primary N) is 1. The number of amides is 1. The minimum atomic E-state index is -0.242. The summed E-state index contributed by atoms with van der Waals surface area (Å²) in [5, 5.41) is 0. The van der Waals surface area contributed by atoms with E-state index in [1.54, 1.807) is 11.3 Å². The molecule has 76 valence electrons. The molecule has 2 nitrogen and oxygen atoms in total. The Balaban J connectivity index is 2.57. The summed E-state index contributed by atoms with van der Waals surface area (Å²) in [5.41, 5.74) is 7.51. The first-order valence-corrected chi connectivity index (χ1v) is 5.87. The van der Waals surface area contributed by atoms with Crippen LogP contribution in [0.2, 0.25) is 0 Å². The van der Waals surface area contributed by atoms with E-state index in [1.165, 1.54) is 21.7 Å². The van der Waals surface area contributed by atoms with Gasteiger partial charge in [0.05, 0.1) is 5.56 Å². The maximum Gasteiger partial charge on any atom is 0.250 e. The lowest BCUT2D eigenvalue weighted by molar-refractivity contribution is 0.0999. The Morgan fingerprint density at radius 2 is 2.14 bits per heavy atom. The molecule has 0 aliphatic heterocycles. The monoisotopic (exact) mass is 209 g/mol. The lowest BCUT2D eigenvalue weighted by atomic mass is 10.0. The van der Waals surface area contributed by atoms with E-state index in [9.17, 15) is 4.79 Å². The van der Waals surface area contributed by atoms with Crippen molar-refractivity contribution in [2.24, 2.45) is 5.73 Å². The van der Waals surface area contributed by atoms with Crippen molar-refractivity contribution in [1.82, 2.24) is 0 Å². The zero-order chi connectivity index (χ0) is 10.3. The topological polar surface area (TPSA) is 43.1 Å². The van der Waals surface area contributed by atoms with Crippen LogP contribution in [0.4, 0.5) is 0 Å². The van der Waals surface area contributed by atoms with E-state index in [2.05, 4.69) is 13.8 Å². The Labute approximate surface area is 88.1 Å². The molecular weight excluding hydrogens is 194 g/mol. The summed E-state index contributed by atoms with van der Waals surface area (Å²) in [6.07, 6.45) is 3.35. The molecule has 3 heteroatoms. The van der Waals surface area contributed by atoms with Gasteiger partial charge in [-0.1, -0.05) is 13.8 Å². The molecule has 0 bridgehead atoms. The number of hydrogen-bond acceptors (Lipinski definition) is 2. The SMILES string of the molecule is CC(C)c1sc2c(c1C(N)=O)CCC2. The van der Waals surface area contributed by atoms with Crippen LogP contribution in [0.3, 0.4) is 0 Å². The van der Waals surface area contributed by atoms with Crippen LogP contribution in [0, 0.1) is 0 Å². The lowest BCUT2D eigenvalue weighted by Crippen LogP contribution is -2.14. The summed E-state index contributed by atoms with van der Waals surface area (Å²) < 4.78 is 0. The zero-order valence-corrected chi connectivity index (χ0v) is 9.41. The van der Waals surface area contributed by atoms with Crippen LogP contribution in [-0.2, 0) is 12.8 Å². The van der Waals surface area contributed by atoms with Crippen molar-refractivity contribution in [2.75, 3.05) is 0 Å². The van der Waals surface area contributed by atoms with E-state index >= 15 is 0 Å². The first-order chi connectivity index (χ1) is 6.61. The third-order valence-corrected chi connectivity index (χ3v) is 4.31. The molecule has 1 amide bonds. The molecule has 0 aromatic carbocycles. The van der Waals surface area contributed by atoms with Crippen molar-refractivity contribution >= 4 is 17.2 Å². The van der Waals surface area contributed by atoms with Crippen LogP contribution >= 0.6 is 11.3 Å². The summed E-state index contributed by atoms with van der Waals surface area (Å²) >= 11 is 1.78. The largest absolute Gasteiger partial charge is 0.366 e. The van der Waals surface area contributed by atoms with Crippen LogP contribution < -0.4 is 5.73 Å². The molecule has 0 saturated heterocycles. The van der Waals surface area contributed by atoms with E-state index in [-0.39, 0.29) is 5.91 Å². The Kier molecular flexibility index (Phi) is 2.35. The lowest BCUT2D eigenvalue weighted by Gasteiger charge is -2.05. The molecule has 0 fully saturated rings. The quantitative estimate of drug-likeness (QED) is 0.798. The van der Waals surface area contributed by atoms with E-state index in [0.29, 0.717) is 5.92 Å². The van der Waals surface area contributed by atoms with E-state index in [0.717, 1.165) is 18.4 Å². The molecule has 1 aliphatic rings. The average molecular weight is 209 g/mol. The second-order valence-electron chi connectivity index (χ2n) is 4.12. The van der Waals surface area contributed by atoms with Gasteiger partial charge in [0.1, 0.15) is 0 Å². The Morgan fingerprint density at radius 1 is 1.43 bits per heavy atom. The minimum absolute atomic E-state index is 0.242. The molecule has 0 radical (unpaired) electrons. The van der Waals surface area contributed by atoms with Gasteiger partial charge >= 0.3 is 0 Å². The maximum atomic E-state index is 11.4. The molecule has 1 aromatic heterocycles. The third kappa shape index (κ3) is 1.36. The summed E-state index contributed by atoms with van der Waals surface area (Å²) in [4.78, 5) is 13.9. The normalized spacial score (nSPS) is 14.8. The predicted molar refractivity (Wildman–Crippen MR) is 59.0 cm³/mol. The molecule has 0 unspecified atom stereocenters. The first-order valence-electron chi connectivity index (χ1n) is 5.05. The Bertz CT molecular complexity index is 379. The van der Waals surface area contributed by atoms with Crippen molar-refractivity contribution in [3.8, 4) is 0 Å². The fourth-order valence-electron chi connectivity index (χ4n) is 2.10. The van der Waals surface area contributed by atoms with Crippen molar-refractivity contribution < 1.29 is 4.79 Å². The number of carbonyl (C=O) groups is 1. The zero-order valence-electron chi connectivity index (χ0n) is 8.59. The van der Waals surface area contributed by atoms with Crippen LogP contribution in [0.25, 0.3) is 0 Å². The summed E-state index contributed by atoms with van der Waals surface area (Å²) in [5.74, 6) is 0.168. The number of aryl methyl sites for hydroxylation is 1. The highest BCUT2D eigenvalue weighted by Gasteiger charge is 2.25. The molecule has 0 atom stereocenters. The van der Waals surface area contributed by atoms with Gasteiger partial charge in [0.25, 0.3) is 0 Å². The smallest absolute Gasteiger partial charge is 0.250 e. The number of thiophene rings is 1. The Hall–Kier alpha value is -0.830. The Morgan fingerprint density at radius 3 is 2.71 bits per heavy atom. The van der Waals surface area contributed by atoms with Gasteiger partial charge in [-0.05, 0) is 30.7 Å². The summed E-state index contributed by atoms with van der Waals surface area (Å²) in [6.45, 7) is 4.24. The van der Waals surface area contributed by atoms with Crippen LogP contribution in [-0.4, -0.2) is 5.91 Å². The molecule has 1 aliphatic carbocycles. The third-order valence-electron chi connectivity index (χ3n) is 2.72. The molecule has 1 heterocycles. The molecule has 1 aromatic rings. The van der Waals surface area contributed by atoms with Gasteiger partial charge in [-0.25, -0.2) is 0 Å². The highest BCUT2D eigenvalue weighted by molar-refractivity contribution is 7.12. The summed E-state index contributed by atoms with van der Waals surface area (Å²) in [6, 6.07) is 0. The average Bonchev–Trinajstić information content (AvgIpc) is 2.58. The van der Waals surface area contributed by atoms with Crippen molar-refractivity contribution in [3.63, 3.8) is 0 Å². The second-order valence-corrected chi connectivity index (χ2v) is 5.25. The number of rotatable bonds is 2. The van der Waals surface area contributed by atoms with E-state index in [1.807, 2.05) is 0 Å². The summed E-state index contributed by atoms with van der Waals surface area (Å²) in [7, 11) is 0.